The van der Waals surface area contributed by atoms with Crippen molar-refractivity contribution in [3.05, 3.63) is 82.8 Å². The van der Waals surface area contributed by atoms with Gasteiger partial charge in [-0.15, -0.1) is 5.10 Å². The number of carboxylic acid groups (broad SMARTS) is 1. The van der Waals surface area contributed by atoms with Gasteiger partial charge in [-0.25, -0.2) is 14.2 Å². The summed E-state index contributed by atoms with van der Waals surface area (Å²) in [6.45, 7) is 1.85. The van der Waals surface area contributed by atoms with Crippen LogP contribution in [0.4, 0.5) is 10.2 Å². The highest BCUT2D eigenvalue weighted by Crippen LogP contribution is 2.24. The molecular weight excluding hydrogens is 636 g/mol. The van der Waals surface area contributed by atoms with Crippen LogP contribution in [0.25, 0.3) is 11.8 Å². The molecule has 0 radical (unpaired) electrons. The van der Waals surface area contributed by atoms with Gasteiger partial charge in [0.05, 0.1) is 16.9 Å². The van der Waals surface area contributed by atoms with Crippen molar-refractivity contribution in [2.24, 2.45) is 7.05 Å². The van der Waals surface area contributed by atoms with Crippen molar-refractivity contribution in [3.8, 4) is 5.69 Å². The minimum atomic E-state index is -1.16. The fourth-order valence-electron chi connectivity index (χ4n) is 3.70. The summed E-state index contributed by atoms with van der Waals surface area (Å²) in [6.07, 6.45) is 4.88. The smallest absolute Gasteiger partial charge is 0.337 e. The summed E-state index contributed by atoms with van der Waals surface area (Å²) < 4.78 is 18.5. The molecule has 0 spiro atoms. The van der Waals surface area contributed by atoms with Gasteiger partial charge >= 0.3 is 5.97 Å². The number of rotatable bonds is 10. The molecule has 15 heteroatoms. The zero-order chi connectivity index (χ0) is 28.8. The standard InChI is InChI=1S/C25H23FIN9O4/c1-14-9-17(32-35(14)2)10-19(24(38)31-21-7-4-16(12-28-21)25(39)40)30-22(37)8-5-18-20(36-13-29-33-34-36)6-3-15(11-27)23(18)26/h3-9,12-13,19H,10-11H2,1-2H3,(H,30,37)(H,39,40)(H,28,31,38)/b8-5+/t19-/m0/s1. The molecule has 0 aliphatic rings. The number of carbonyl (C=O) groups excluding carboxylic acids is 2. The molecule has 0 aliphatic heterocycles. The molecule has 0 saturated carbocycles. The van der Waals surface area contributed by atoms with E-state index in [1.165, 1.54) is 29.2 Å². The monoisotopic (exact) mass is 659 g/mol. The molecule has 4 aromatic rings. The molecule has 1 aromatic carbocycles. The zero-order valence-corrected chi connectivity index (χ0v) is 23.4. The van der Waals surface area contributed by atoms with Crippen molar-refractivity contribution in [1.29, 1.82) is 0 Å². The highest BCUT2D eigenvalue weighted by molar-refractivity contribution is 14.1. The fraction of sp³-hybridized carbons (Fsp3) is 0.200. The van der Waals surface area contributed by atoms with Crippen LogP contribution in [0.5, 0.6) is 0 Å². The maximum atomic E-state index is 15.2. The van der Waals surface area contributed by atoms with Crippen LogP contribution < -0.4 is 10.6 Å². The lowest BCUT2D eigenvalue weighted by Crippen LogP contribution is -2.45. The van der Waals surface area contributed by atoms with Crippen molar-refractivity contribution in [2.45, 2.75) is 23.8 Å². The quantitative estimate of drug-likeness (QED) is 0.131. The van der Waals surface area contributed by atoms with Crippen molar-refractivity contribution in [2.75, 3.05) is 5.32 Å². The summed E-state index contributed by atoms with van der Waals surface area (Å²) in [4.78, 5) is 41.2. The Labute approximate surface area is 240 Å². The van der Waals surface area contributed by atoms with Gasteiger partial charge in [0, 0.05) is 41.4 Å². The van der Waals surface area contributed by atoms with Crippen molar-refractivity contribution in [3.63, 3.8) is 0 Å². The van der Waals surface area contributed by atoms with Gasteiger partial charge in [-0.2, -0.15) is 9.78 Å². The van der Waals surface area contributed by atoms with Gasteiger partial charge in [0.25, 0.3) is 0 Å². The average Bonchev–Trinajstić information content (AvgIpc) is 3.57. The lowest BCUT2D eigenvalue weighted by atomic mass is 10.1. The number of tetrazole rings is 1. The van der Waals surface area contributed by atoms with Crippen LogP contribution in [0.15, 0.2) is 48.9 Å². The predicted octanol–water partition coefficient (Wildman–Crippen LogP) is 2.25. The molecule has 2 amide bonds. The largest absolute Gasteiger partial charge is 0.478 e. The molecule has 4 rings (SSSR count). The van der Waals surface area contributed by atoms with E-state index in [-0.39, 0.29) is 23.4 Å². The Morgan fingerprint density at radius 1 is 1.23 bits per heavy atom. The molecule has 206 valence electrons. The van der Waals surface area contributed by atoms with E-state index in [2.05, 4.69) is 36.2 Å². The molecule has 13 nitrogen and oxygen atoms in total. The van der Waals surface area contributed by atoms with Gasteiger partial charge < -0.3 is 15.7 Å². The van der Waals surface area contributed by atoms with E-state index in [1.807, 2.05) is 29.5 Å². The van der Waals surface area contributed by atoms with Gasteiger partial charge in [-0.1, -0.05) is 28.7 Å². The summed E-state index contributed by atoms with van der Waals surface area (Å²) in [7, 11) is 1.75. The summed E-state index contributed by atoms with van der Waals surface area (Å²) >= 11 is 2.04. The average molecular weight is 659 g/mol. The second kappa shape index (κ2) is 12.5. The second-order valence-corrected chi connectivity index (χ2v) is 9.35. The molecule has 0 fully saturated rings. The molecule has 3 N–H and O–H groups in total. The first-order chi connectivity index (χ1) is 19.2. The fourth-order valence-corrected chi connectivity index (χ4v) is 4.29. The molecule has 0 saturated heterocycles. The summed E-state index contributed by atoms with van der Waals surface area (Å²) in [5, 5.41) is 29.6. The maximum Gasteiger partial charge on any atom is 0.337 e. The van der Waals surface area contributed by atoms with E-state index in [9.17, 15) is 14.4 Å². The SMILES string of the molecule is Cc1cc(C[C@H](NC(=O)/C=C/c2c(-n3cnnn3)ccc(CI)c2F)C(=O)Nc2ccc(C(=O)O)cn2)nn1C. The number of pyridine rings is 1. The topological polar surface area (TPSA) is 170 Å². The summed E-state index contributed by atoms with van der Waals surface area (Å²) in [5.74, 6) is -2.85. The Hall–Kier alpha value is -4.54. The number of nitrogens with one attached hydrogen (secondary N) is 2. The number of aromatic nitrogens is 7. The number of benzene rings is 1. The molecule has 1 atom stereocenters. The molecule has 40 heavy (non-hydrogen) atoms. The normalized spacial score (nSPS) is 11.9. The second-order valence-electron chi connectivity index (χ2n) is 8.59. The first kappa shape index (κ1) is 28.5. The molecule has 0 bridgehead atoms. The van der Waals surface area contributed by atoms with E-state index in [0.29, 0.717) is 21.4 Å². The van der Waals surface area contributed by atoms with Crippen molar-refractivity contribution in [1.82, 2.24) is 40.3 Å². The lowest BCUT2D eigenvalue weighted by molar-refractivity contribution is -0.123. The molecule has 0 unspecified atom stereocenters. The molecule has 3 aromatic heterocycles. The van der Waals surface area contributed by atoms with E-state index >= 15 is 4.39 Å². The van der Waals surface area contributed by atoms with Crippen LogP contribution in [0.1, 0.15) is 32.9 Å². The number of alkyl halides is 1. The Morgan fingerprint density at radius 2 is 2.02 bits per heavy atom. The summed E-state index contributed by atoms with van der Waals surface area (Å²) in [5.41, 5.74) is 2.22. The Morgan fingerprint density at radius 3 is 2.62 bits per heavy atom. The first-order valence-electron chi connectivity index (χ1n) is 11.7. The van der Waals surface area contributed by atoms with Crippen LogP contribution >= 0.6 is 22.6 Å². The molecular formula is C25H23FIN9O4. The van der Waals surface area contributed by atoms with E-state index in [1.54, 1.807) is 29.9 Å². The minimum absolute atomic E-state index is 0.0446. The number of carbonyl (C=O) groups is 3. The number of hydrogen-bond donors (Lipinski definition) is 3. The van der Waals surface area contributed by atoms with E-state index in [4.69, 9.17) is 5.11 Å². The molecule has 3 heterocycles. The highest BCUT2D eigenvalue weighted by Gasteiger charge is 2.23. The van der Waals surface area contributed by atoms with Crippen LogP contribution in [0, 0.1) is 12.7 Å². The van der Waals surface area contributed by atoms with Crippen LogP contribution in [-0.2, 0) is 27.5 Å². The number of halogens is 2. The van der Waals surface area contributed by atoms with Gasteiger partial charge in [0.15, 0.2) is 0 Å². The third-order valence-corrected chi connectivity index (χ3v) is 6.67. The number of hydrogen-bond acceptors (Lipinski definition) is 8. The van der Waals surface area contributed by atoms with Crippen LogP contribution in [0.2, 0.25) is 0 Å². The number of anilines is 1. The van der Waals surface area contributed by atoms with Crippen molar-refractivity contribution < 1.29 is 23.9 Å². The van der Waals surface area contributed by atoms with Crippen LogP contribution in [-0.4, -0.2) is 63.9 Å². The van der Waals surface area contributed by atoms with E-state index in [0.717, 1.165) is 18.0 Å². The Bertz CT molecular complexity index is 1550. The van der Waals surface area contributed by atoms with Crippen LogP contribution in [0.3, 0.4) is 0 Å². The Balaban J connectivity index is 1.57. The van der Waals surface area contributed by atoms with Gasteiger partial charge in [0.1, 0.15) is 24.0 Å². The first-order valence-corrected chi connectivity index (χ1v) is 13.3. The number of carboxylic acids is 1. The molecule has 0 aliphatic carbocycles. The third-order valence-electron chi connectivity index (χ3n) is 5.85. The van der Waals surface area contributed by atoms with E-state index < -0.39 is 29.6 Å². The number of aryl methyl sites for hydroxylation is 2. The van der Waals surface area contributed by atoms with Gasteiger partial charge in [-0.3, -0.25) is 14.3 Å². The third kappa shape index (κ3) is 6.71. The summed E-state index contributed by atoms with van der Waals surface area (Å²) in [6, 6.07) is 6.59. The minimum Gasteiger partial charge on any atom is -0.478 e. The Kier molecular flexibility index (Phi) is 8.93. The predicted molar refractivity (Wildman–Crippen MR) is 149 cm³/mol. The van der Waals surface area contributed by atoms with Gasteiger partial charge in [0.2, 0.25) is 11.8 Å². The zero-order valence-electron chi connectivity index (χ0n) is 21.2. The number of aromatic carboxylic acids is 1. The van der Waals surface area contributed by atoms with Gasteiger partial charge in [-0.05, 0) is 53.3 Å². The highest BCUT2D eigenvalue weighted by atomic mass is 127. The lowest BCUT2D eigenvalue weighted by Gasteiger charge is -2.17. The van der Waals surface area contributed by atoms with Crippen molar-refractivity contribution >= 4 is 52.3 Å². The number of nitrogens with zero attached hydrogens (tertiary/aromatic N) is 7. The maximum absolute atomic E-state index is 15.2. The number of amides is 2.